The summed E-state index contributed by atoms with van der Waals surface area (Å²) in [5, 5.41) is 6.42. The quantitative estimate of drug-likeness (QED) is 0.769. The summed E-state index contributed by atoms with van der Waals surface area (Å²) in [7, 11) is 0. The Bertz CT molecular complexity index is 1040. The molecule has 2 aromatic carbocycles. The molecule has 0 saturated carbocycles. The van der Waals surface area contributed by atoms with E-state index in [1.54, 1.807) is 0 Å². The van der Waals surface area contributed by atoms with Crippen LogP contribution in [-0.2, 0) is 26.3 Å². The van der Waals surface area contributed by atoms with Crippen molar-refractivity contribution in [1.82, 2.24) is 10.2 Å². The highest BCUT2D eigenvalue weighted by Crippen LogP contribution is 2.53. The summed E-state index contributed by atoms with van der Waals surface area (Å²) in [5.74, 6) is -1.96. The van der Waals surface area contributed by atoms with Gasteiger partial charge in [-0.05, 0) is 31.4 Å². The average molecular weight is 403 g/mol. The van der Waals surface area contributed by atoms with Crippen LogP contribution in [0.1, 0.15) is 31.4 Å². The molecule has 5 atom stereocenters. The van der Waals surface area contributed by atoms with Crippen LogP contribution in [0.3, 0.4) is 0 Å². The van der Waals surface area contributed by atoms with E-state index in [0.29, 0.717) is 18.5 Å². The minimum Gasteiger partial charge on any atom is -0.324 e. The molecule has 0 radical (unpaired) electrons. The van der Waals surface area contributed by atoms with Crippen LogP contribution in [0.15, 0.2) is 54.6 Å². The Morgan fingerprint density at radius 3 is 2.43 bits per heavy atom. The van der Waals surface area contributed by atoms with Crippen molar-refractivity contribution in [2.75, 3.05) is 5.32 Å². The lowest BCUT2D eigenvalue weighted by molar-refractivity contribution is -0.145. The normalized spacial score (nSPS) is 30.5. The van der Waals surface area contributed by atoms with Crippen LogP contribution in [0.2, 0.25) is 0 Å². The first-order valence-corrected chi connectivity index (χ1v) is 10.6. The predicted octanol–water partition coefficient (Wildman–Crippen LogP) is 2.45. The summed E-state index contributed by atoms with van der Waals surface area (Å²) in [6.07, 6.45) is 1.26. The SMILES string of the molecule is CCC(C)N1C(=O)[C@@H]2C(Cc3ccccc3)NC3(C(=O)Nc4ccccc43)[C@@H]2C1=O. The Labute approximate surface area is 175 Å². The topological polar surface area (TPSA) is 78.5 Å². The maximum absolute atomic E-state index is 13.6. The van der Waals surface area contributed by atoms with Crippen molar-refractivity contribution in [1.29, 1.82) is 0 Å². The molecule has 30 heavy (non-hydrogen) atoms. The van der Waals surface area contributed by atoms with Crippen molar-refractivity contribution in [2.45, 2.75) is 44.3 Å². The first-order valence-electron chi connectivity index (χ1n) is 10.6. The van der Waals surface area contributed by atoms with Gasteiger partial charge in [-0.25, -0.2) is 0 Å². The number of anilines is 1. The molecule has 2 N–H and O–H groups in total. The minimum absolute atomic E-state index is 0.165. The molecule has 3 unspecified atom stereocenters. The number of amides is 3. The minimum atomic E-state index is -1.21. The van der Waals surface area contributed by atoms with Crippen molar-refractivity contribution >= 4 is 23.4 Å². The summed E-state index contributed by atoms with van der Waals surface area (Å²) in [6.45, 7) is 3.86. The number of likely N-dealkylation sites (tertiary alicyclic amines) is 1. The summed E-state index contributed by atoms with van der Waals surface area (Å²) in [5.41, 5.74) is 1.32. The molecule has 1 spiro atoms. The van der Waals surface area contributed by atoms with E-state index >= 15 is 0 Å². The molecule has 3 heterocycles. The fourth-order valence-corrected chi connectivity index (χ4v) is 5.44. The number of fused-ring (bicyclic) bond motifs is 4. The van der Waals surface area contributed by atoms with E-state index in [1.165, 1.54) is 4.90 Å². The molecule has 3 amide bonds. The summed E-state index contributed by atoms with van der Waals surface area (Å²) in [6, 6.07) is 16.9. The molecule has 5 rings (SSSR count). The molecule has 6 heteroatoms. The second-order valence-electron chi connectivity index (χ2n) is 8.56. The Hall–Kier alpha value is -2.99. The molecular weight excluding hydrogens is 378 g/mol. The first-order chi connectivity index (χ1) is 14.5. The van der Waals surface area contributed by atoms with Crippen LogP contribution >= 0.6 is 0 Å². The van der Waals surface area contributed by atoms with E-state index in [1.807, 2.05) is 68.4 Å². The van der Waals surface area contributed by atoms with Gasteiger partial charge in [0, 0.05) is 23.3 Å². The van der Waals surface area contributed by atoms with Gasteiger partial charge in [-0.15, -0.1) is 0 Å². The molecule has 3 aliphatic heterocycles. The monoisotopic (exact) mass is 403 g/mol. The maximum Gasteiger partial charge on any atom is 0.250 e. The van der Waals surface area contributed by atoms with E-state index in [0.717, 1.165) is 11.1 Å². The number of imide groups is 1. The summed E-state index contributed by atoms with van der Waals surface area (Å²) >= 11 is 0. The molecular formula is C24H25N3O3. The zero-order valence-electron chi connectivity index (χ0n) is 17.1. The molecule has 6 nitrogen and oxygen atoms in total. The molecule has 2 saturated heterocycles. The van der Waals surface area contributed by atoms with Gasteiger partial charge >= 0.3 is 0 Å². The van der Waals surface area contributed by atoms with Gasteiger partial charge in [-0.3, -0.25) is 24.6 Å². The highest BCUT2D eigenvalue weighted by molar-refractivity contribution is 6.15. The second-order valence-corrected chi connectivity index (χ2v) is 8.56. The van der Waals surface area contributed by atoms with E-state index in [-0.39, 0.29) is 29.8 Å². The van der Waals surface area contributed by atoms with Crippen LogP contribution in [-0.4, -0.2) is 34.7 Å². The molecule has 2 aromatic rings. The Balaban J connectivity index is 1.64. The Morgan fingerprint density at radius 1 is 1.00 bits per heavy atom. The van der Waals surface area contributed by atoms with Gasteiger partial charge in [-0.2, -0.15) is 0 Å². The maximum atomic E-state index is 13.6. The Kier molecular flexibility index (Phi) is 4.29. The molecule has 0 bridgehead atoms. The zero-order chi connectivity index (χ0) is 21.0. The fraction of sp³-hybridized carbons (Fsp3) is 0.375. The lowest BCUT2D eigenvalue weighted by Gasteiger charge is -2.31. The van der Waals surface area contributed by atoms with Gasteiger partial charge in [0.05, 0.1) is 11.8 Å². The summed E-state index contributed by atoms with van der Waals surface area (Å²) < 4.78 is 0. The van der Waals surface area contributed by atoms with E-state index < -0.39 is 17.4 Å². The molecule has 0 aromatic heterocycles. The molecule has 0 aliphatic carbocycles. The van der Waals surface area contributed by atoms with Gasteiger partial charge in [-0.1, -0.05) is 55.5 Å². The van der Waals surface area contributed by atoms with Crippen LogP contribution in [0.5, 0.6) is 0 Å². The molecule has 3 aliphatic rings. The molecule has 154 valence electrons. The second kappa shape index (κ2) is 6.77. The third-order valence-electron chi connectivity index (χ3n) is 6.99. The number of carbonyl (C=O) groups is 3. The van der Waals surface area contributed by atoms with Crippen LogP contribution in [0.4, 0.5) is 5.69 Å². The third kappa shape index (κ3) is 2.43. The van der Waals surface area contributed by atoms with Crippen LogP contribution in [0, 0.1) is 11.8 Å². The lowest BCUT2D eigenvalue weighted by atomic mass is 9.76. The third-order valence-corrected chi connectivity index (χ3v) is 6.99. The number of nitrogens with zero attached hydrogens (tertiary/aromatic N) is 1. The Morgan fingerprint density at radius 2 is 1.70 bits per heavy atom. The molecule has 2 fully saturated rings. The van der Waals surface area contributed by atoms with Crippen LogP contribution in [0.25, 0.3) is 0 Å². The highest BCUT2D eigenvalue weighted by Gasteiger charge is 2.70. The summed E-state index contributed by atoms with van der Waals surface area (Å²) in [4.78, 5) is 41.8. The first kappa shape index (κ1) is 19.0. The number of nitrogens with one attached hydrogen (secondary N) is 2. The number of hydrogen-bond donors (Lipinski definition) is 2. The van der Waals surface area contributed by atoms with Gasteiger partial charge in [0.15, 0.2) is 0 Å². The largest absolute Gasteiger partial charge is 0.324 e. The van der Waals surface area contributed by atoms with Crippen molar-refractivity contribution in [3.05, 3.63) is 65.7 Å². The number of rotatable bonds is 4. The van der Waals surface area contributed by atoms with Crippen molar-refractivity contribution < 1.29 is 14.4 Å². The smallest absolute Gasteiger partial charge is 0.250 e. The van der Waals surface area contributed by atoms with Gasteiger partial charge in [0.1, 0.15) is 5.54 Å². The van der Waals surface area contributed by atoms with Crippen molar-refractivity contribution in [2.24, 2.45) is 11.8 Å². The number of carbonyl (C=O) groups excluding carboxylic acids is 3. The van der Waals surface area contributed by atoms with E-state index in [4.69, 9.17) is 0 Å². The fourth-order valence-electron chi connectivity index (χ4n) is 5.44. The van der Waals surface area contributed by atoms with E-state index in [2.05, 4.69) is 10.6 Å². The van der Waals surface area contributed by atoms with Gasteiger partial charge < -0.3 is 5.32 Å². The van der Waals surface area contributed by atoms with E-state index in [9.17, 15) is 14.4 Å². The number of benzene rings is 2. The van der Waals surface area contributed by atoms with Gasteiger partial charge in [0.25, 0.3) is 0 Å². The van der Waals surface area contributed by atoms with Gasteiger partial charge in [0.2, 0.25) is 17.7 Å². The zero-order valence-corrected chi connectivity index (χ0v) is 17.1. The highest BCUT2D eigenvalue weighted by atomic mass is 16.2. The number of hydrogen-bond acceptors (Lipinski definition) is 4. The van der Waals surface area contributed by atoms with Crippen molar-refractivity contribution in [3.8, 4) is 0 Å². The van der Waals surface area contributed by atoms with Crippen LogP contribution < -0.4 is 10.6 Å². The lowest BCUT2D eigenvalue weighted by Crippen LogP contribution is -2.54. The average Bonchev–Trinajstić information content (AvgIpc) is 3.33. The van der Waals surface area contributed by atoms with Crippen molar-refractivity contribution in [3.63, 3.8) is 0 Å². The predicted molar refractivity (Wildman–Crippen MR) is 112 cm³/mol. The number of para-hydroxylation sites is 1. The standard InChI is InChI=1S/C24H25N3O3/c1-3-14(2)27-21(28)19-18(13-15-9-5-4-6-10-15)26-24(20(19)22(27)29)16-11-7-8-12-17(16)25-23(24)30/h4-12,14,18-20,26H,3,13H2,1-2H3,(H,25,30)/t14?,18?,19-,20+,24?/m1/s1.